The lowest BCUT2D eigenvalue weighted by Gasteiger charge is -2.32. The highest BCUT2D eigenvalue weighted by Gasteiger charge is 2.20. The van der Waals surface area contributed by atoms with Crippen LogP contribution in [0.2, 0.25) is 5.02 Å². The van der Waals surface area contributed by atoms with Gasteiger partial charge < -0.3 is 20.6 Å². The predicted molar refractivity (Wildman–Crippen MR) is 92.7 cm³/mol. The highest BCUT2D eigenvalue weighted by atomic mass is 35.5. The summed E-state index contributed by atoms with van der Waals surface area (Å²) in [7, 11) is 0. The van der Waals surface area contributed by atoms with Crippen molar-refractivity contribution in [2.45, 2.75) is 38.3 Å². The van der Waals surface area contributed by atoms with Gasteiger partial charge in [0, 0.05) is 36.3 Å². The minimum absolute atomic E-state index is 0.143. The number of halogens is 1. The number of hydrogen-bond acceptors (Lipinski definition) is 3. The molecule has 1 aromatic carbocycles. The first-order valence-electron chi connectivity index (χ1n) is 8.29. The van der Waals surface area contributed by atoms with Gasteiger partial charge >= 0.3 is 6.03 Å². The Kier molecular flexibility index (Phi) is 7.15. The van der Waals surface area contributed by atoms with Crippen molar-refractivity contribution in [1.29, 1.82) is 0 Å². The van der Waals surface area contributed by atoms with Crippen LogP contribution in [0.25, 0.3) is 0 Å². The van der Waals surface area contributed by atoms with Crippen LogP contribution in [0.3, 0.4) is 0 Å². The van der Waals surface area contributed by atoms with Crippen molar-refractivity contribution in [2.75, 3.05) is 26.2 Å². The Morgan fingerprint density at radius 2 is 2.09 bits per heavy atom. The smallest absolute Gasteiger partial charge is 0.315 e. The second-order valence-electron chi connectivity index (χ2n) is 6.01. The van der Waals surface area contributed by atoms with Gasteiger partial charge in [0.15, 0.2) is 0 Å². The third-order valence-electron chi connectivity index (χ3n) is 4.18. The molecule has 1 heterocycles. The molecule has 1 aromatic rings. The van der Waals surface area contributed by atoms with E-state index in [9.17, 15) is 9.90 Å². The van der Waals surface area contributed by atoms with Gasteiger partial charge in [0.05, 0.1) is 6.10 Å². The van der Waals surface area contributed by atoms with Gasteiger partial charge in [-0.1, -0.05) is 36.7 Å². The molecule has 3 N–H and O–H groups in total. The molecule has 0 spiro atoms. The zero-order valence-electron chi connectivity index (χ0n) is 13.6. The highest BCUT2D eigenvalue weighted by Crippen LogP contribution is 2.21. The van der Waals surface area contributed by atoms with Crippen LogP contribution >= 0.6 is 11.6 Å². The van der Waals surface area contributed by atoms with Crippen molar-refractivity contribution in [3.05, 3.63) is 34.9 Å². The minimum Gasteiger partial charge on any atom is -0.387 e. The zero-order chi connectivity index (χ0) is 16.7. The third kappa shape index (κ3) is 5.68. The Balaban J connectivity index is 1.70. The summed E-state index contributed by atoms with van der Waals surface area (Å²) in [5, 5.41) is 16.3. The van der Waals surface area contributed by atoms with E-state index >= 15 is 0 Å². The van der Waals surface area contributed by atoms with Crippen LogP contribution in [0.5, 0.6) is 0 Å². The van der Waals surface area contributed by atoms with Crippen molar-refractivity contribution in [3.63, 3.8) is 0 Å². The van der Waals surface area contributed by atoms with Crippen molar-refractivity contribution in [1.82, 2.24) is 15.5 Å². The molecule has 5 nitrogen and oxygen atoms in total. The molecule has 0 radical (unpaired) electrons. The first kappa shape index (κ1) is 18.0. The monoisotopic (exact) mass is 339 g/mol. The molecule has 6 heteroatoms. The topological polar surface area (TPSA) is 64.6 Å². The summed E-state index contributed by atoms with van der Waals surface area (Å²) in [6, 6.07) is 7.09. The van der Waals surface area contributed by atoms with Gasteiger partial charge in [0.2, 0.25) is 0 Å². The van der Waals surface area contributed by atoms with Gasteiger partial charge in [-0.2, -0.15) is 0 Å². The summed E-state index contributed by atoms with van der Waals surface area (Å²) in [6.45, 7) is 5.51. The van der Waals surface area contributed by atoms with Gasteiger partial charge in [0.1, 0.15) is 0 Å². The lowest BCUT2D eigenvalue weighted by Crippen LogP contribution is -2.48. The SMILES string of the molecule is CCCN1CCC(NC(=O)NCC(O)c2ccccc2Cl)CC1. The molecule has 0 bridgehead atoms. The molecule has 0 aromatic heterocycles. The summed E-state index contributed by atoms with van der Waals surface area (Å²) >= 11 is 6.04. The maximum Gasteiger partial charge on any atom is 0.315 e. The van der Waals surface area contributed by atoms with E-state index in [1.807, 2.05) is 12.1 Å². The van der Waals surface area contributed by atoms with Gasteiger partial charge in [-0.05, 0) is 31.9 Å². The number of nitrogens with one attached hydrogen (secondary N) is 2. The number of hydrogen-bond donors (Lipinski definition) is 3. The Morgan fingerprint density at radius 3 is 2.74 bits per heavy atom. The molecule has 0 aliphatic carbocycles. The molecule has 1 unspecified atom stereocenters. The van der Waals surface area contributed by atoms with Gasteiger partial charge in [-0.25, -0.2) is 4.79 Å². The number of rotatable bonds is 6. The fraction of sp³-hybridized carbons (Fsp3) is 0.588. The second-order valence-corrected chi connectivity index (χ2v) is 6.41. The van der Waals surface area contributed by atoms with Crippen LogP contribution < -0.4 is 10.6 Å². The number of benzene rings is 1. The fourth-order valence-corrected chi connectivity index (χ4v) is 3.16. The maximum absolute atomic E-state index is 12.0. The van der Waals surface area contributed by atoms with E-state index in [0.717, 1.165) is 32.5 Å². The van der Waals surface area contributed by atoms with Crippen molar-refractivity contribution in [2.24, 2.45) is 0 Å². The number of aliphatic hydroxyl groups excluding tert-OH is 1. The van der Waals surface area contributed by atoms with Crippen molar-refractivity contribution >= 4 is 17.6 Å². The quantitative estimate of drug-likeness (QED) is 0.746. The Bertz CT molecular complexity index is 504. The van der Waals surface area contributed by atoms with E-state index in [1.54, 1.807) is 12.1 Å². The number of carbonyl (C=O) groups is 1. The molecule has 1 saturated heterocycles. The normalized spacial score (nSPS) is 17.7. The number of aliphatic hydroxyl groups is 1. The average Bonchev–Trinajstić information content (AvgIpc) is 2.55. The summed E-state index contributed by atoms with van der Waals surface area (Å²) in [5.74, 6) is 0. The lowest BCUT2D eigenvalue weighted by atomic mass is 10.1. The lowest BCUT2D eigenvalue weighted by molar-refractivity contribution is 0.168. The number of nitrogens with zero attached hydrogens (tertiary/aromatic N) is 1. The van der Waals surface area contributed by atoms with Crippen molar-refractivity contribution in [3.8, 4) is 0 Å². The third-order valence-corrected chi connectivity index (χ3v) is 4.53. The number of likely N-dealkylation sites (tertiary alicyclic amines) is 1. The standard InChI is InChI=1S/C17H26ClN3O2/c1-2-9-21-10-7-13(8-11-21)20-17(23)19-12-16(22)14-5-3-4-6-15(14)18/h3-6,13,16,22H,2,7-12H2,1H3,(H2,19,20,23). The molecular formula is C17H26ClN3O2. The largest absolute Gasteiger partial charge is 0.387 e. The highest BCUT2D eigenvalue weighted by molar-refractivity contribution is 6.31. The molecule has 23 heavy (non-hydrogen) atoms. The van der Waals surface area contributed by atoms with E-state index < -0.39 is 6.10 Å². The molecule has 1 aliphatic heterocycles. The van der Waals surface area contributed by atoms with Crippen LogP contribution in [0, 0.1) is 0 Å². The van der Waals surface area contributed by atoms with Crippen LogP contribution in [-0.4, -0.2) is 48.3 Å². The maximum atomic E-state index is 12.0. The van der Waals surface area contributed by atoms with Crippen LogP contribution in [-0.2, 0) is 0 Å². The van der Waals surface area contributed by atoms with Gasteiger partial charge in [0.25, 0.3) is 0 Å². The first-order valence-corrected chi connectivity index (χ1v) is 8.67. The summed E-state index contributed by atoms with van der Waals surface area (Å²) in [5.41, 5.74) is 0.627. The molecule has 1 fully saturated rings. The second kappa shape index (κ2) is 9.11. The molecular weight excluding hydrogens is 314 g/mol. The summed E-state index contributed by atoms with van der Waals surface area (Å²) < 4.78 is 0. The Morgan fingerprint density at radius 1 is 1.39 bits per heavy atom. The fourth-order valence-electron chi connectivity index (χ4n) is 2.90. The van der Waals surface area contributed by atoms with Crippen molar-refractivity contribution < 1.29 is 9.90 Å². The zero-order valence-corrected chi connectivity index (χ0v) is 14.4. The average molecular weight is 340 g/mol. The number of piperidine rings is 1. The van der Waals surface area contributed by atoms with E-state index in [4.69, 9.17) is 11.6 Å². The van der Waals surface area contributed by atoms with Gasteiger partial charge in [-0.15, -0.1) is 0 Å². The summed E-state index contributed by atoms with van der Waals surface area (Å²) in [6.07, 6.45) is 2.31. The van der Waals surface area contributed by atoms with E-state index in [0.29, 0.717) is 10.6 Å². The molecule has 2 amide bonds. The Hall–Kier alpha value is -1.30. The predicted octanol–water partition coefficient (Wildman–Crippen LogP) is 2.55. The number of urea groups is 1. The van der Waals surface area contributed by atoms with Gasteiger partial charge in [-0.3, -0.25) is 0 Å². The van der Waals surface area contributed by atoms with Crippen LogP contribution in [0.1, 0.15) is 37.9 Å². The number of amides is 2. The molecule has 128 valence electrons. The molecule has 2 rings (SSSR count). The van der Waals surface area contributed by atoms with Crippen LogP contribution in [0.15, 0.2) is 24.3 Å². The Labute approximate surface area is 143 Å². The van der Waals surface area contributed by atoms with E-state index in [-0.39, 0.29) is 18.6 Å². The number of carbonyl (C=O) groups excluding carboxylic acids is 1. The molecule has 1 aliphatic rings. The van der Waals surface area contributed by atoms with E-state index in [2.05, 4.69) is 22.5 Å². The van der Waals surface area contributed by atoms with Crippen LogP contribution in [0.4, 0.5) is 4.79 Å². The summed E-state index contributed by atoms with van der Waals surface area (Å²) in [4.78, 5) is 14.4. The molecule has 0 saturated carbocycles. The first-order chi connectivity index (χ1) is 11.1. The van der Waals surface area contributed by atoms with E-state index in [1.165, 1.54) is 6.42 Å². The molecule has 1 atom stereocenters. The minimum atomic E-state index is -0.805.